The lowest BCUT2D eigenvalue weighted by atomic mass is 10.1. The molecule has 36 heavy (non-hydrogen) atoms. The number of esters is 2. The topological polar surface area (TPSA) is 148 Å². The second-order valence-electron chi connectivity index (χ2n) is 9.16. The molecule has 1 amide bonds. The molecule has 212 valence electrons. The number of ether oxygens (including phenoxy) is 2. The summed E-state index contributed by atoms with van der Waals surface area (Å²) in [4.78, 5) is 52.7. The molecule has 0 saturated heterocycles. The van der Waals surface area contributed by atoms with Crippen LogP contribution in [-0.4, -0.2) is 53.5 Å². The number of unbranched alkanes of at least 4 members (excludes halogenated alkanes) is 12. The Morgan fingerprint density at radius 1 is 0.750 bits per heavy atom. The molecular formula is C25H48NO9P. The van der Waals surface area contributed by atoms with Crippen molar-refractivity contribution in [3.8, 4) is 0 Å². The van der Waals surface area contributed by atoms with Gasteiger partial charge in [0.25, 0.3) is 0 Å². The number of carbonyl (C=O) groups excluding carboxylic acids is 3. The van der Waals surface area contributed by atoms with Crippen LogP contribution >= 0.6 is 7.82 Å². The number of amides is 1. The average molecular weight is 538 g/mol. The second-order valence-corrected chi connectivity index (χ2v) is 10.4. The highest BCUT2D eigenvalue weighted by Gasteiger charge is 2.22. The van der Waals surface area contributed by atoms with Gasteiger partial charge in [-0.2, -0.15) is 0 Å². The van der Waals surface area contributed by atoms with E-state index in [4.69, 9.17) is 19.3 Å². The molecule has 0 aliphatic heterocycles. The maximum Gasteiger partial charge on any atom is 0.469 e. The Labute approximate surface area is 216 Å². The Morgan fingerprint density at radius 3 is 1.78 bits per heavy atom. The van der Waals surface area contributed by atoms with Crippen molar-refractivity contribution >= 4 is 25.7 Å². The molecule has 0 bridgehead atoms. The zero-order valence-electron chi connectivity index (χ0n) is 22.2. The van der Waals surface area contributed by atoms with Gasteiger partial charge in [0.15, 0.2) is 6.10 Å². The van der Waals surface area contributed by atoms with Crippen molar-refractivity contribution < 1.29 is 42.7 Å². The third kappa shape index (κ3) is 25.6. The van der Waals surface area contributed by atoms with Gasteiger partial charge in [-0.3, -0.25) is 18.9 Å². The first kappa shape index (κ1) is 34.5. The third-order valence-corrected chi connectivity index (χ3v) is 6.06. The van der Waals surface area contributed by atoms with Gasteiger partial charge in [0.05, 0.1) is 6.61 Å². The van der Waals surface area contributed by atoms with Gasteiger partial charge in [-0.1, -0.05) is 77.6 Å². The van der Waals surface area contributed by atoms with Crippen LogP contribution in [0, 0.1) is 0 Å². The molecule has 0 spiro atoms. The van der Waals surface area contributed by atoms with Crippen LogP contribution in [-0.2, 0) is 32.9 Å². The molecule has 0 aromatic rings. The molecule has 0 saturated carbocycles. The number of rotatable bonds is 24. The van der Waals surface area contributed by atoms with Crippen molar-refractivity contribution in [1.82, 2.24) is 5.32 Å². The highest BCUT2D eigenvalue weighted by molar-refractivity contribution is 7.46. The first-order chi connectivity index (χ1) is 17.1. The summed E-state index contributed by atoms with van der Waals surface area (Å²) in [5.41, 5.74) is 0. The molecule has 3 N–H and O–H groups in total. The van der Waals surface area contributed by atoms with Gasteiger partial charge in [-0.05, 0) is 19.3 Å². The summed E-state index contributed by atoms with van der Waals surface area (Å²) in [5.74, 6) is -0.930. The zero-order chi connectivity index (χ0) is 27.1. The number of nitrogens with one attached hydrogen (secondary N) is 1. The van der Waals surface area contributed by atoms with Gasteiger partial charge in [0.1, 0.15) is 6.61 Å². The Kier molecular flexibility index (Phi) is 21.8. The van der Waals surface area contributed by atoms with Crippen LogP contribution in [0.25, 0.3) is 0 Å². The van der Waals surface area contributed by atoms with Gasteiger partial charge in [-0.15, -0.1) is 0 Å². The molecule has 0 unspecified atom stereocenters. The fourth-order valence-electron chi connectivity index (χ4n) is 3.57. The van der Waals surface area contributed by atoms with Gasteiger partial charge >= 0.3 is 19.8 Å². The monoisotopic (exact) mass is 537 g/mol. The lowest BCUT2D eigenvalue weighted by molar-refractivity contribution is -0.161. The number of phosphoric acid groups is 1. The summed E-state index contributed by atoms with van der Waals surface area (Å²) >= 11 is 0. The maximum absolute atomic E-state index is 12.0. The predicted molar refractivity (Wildman–Crippen MR) is 137 cm³/mol. The highest BCUT2D eigenvalue weighted by atomic mass is 31.2. The van der Waals surface area contributed by atoms with E-state index in [2.05, 4.69) is 16.8 Å². The summed E-state index contributed by atoms with van der Waals surface area (Å²) in [7, 11) is -4.74. The Morgan fingerprint density at radius 2 is 1.25 bits per heavy atom. The van der Waals surface area contributed by atoms with Crippen LogP contribution in [0.5, 0.6) is 0 Å². The van der Waals surface area contributed by atoms with Gasteiger partial charge in [0.2, 0.25) is 5.91 Å². The quantitative estimate of drug-likeness (QED) is 0.0883. The van der Waals surface area contributed by atoms with Crippen LogP contribution in [0.1, 0.15) is 117 Å². The molecule has 11 heteroatoms. The van der Waals surface area contributed by atoms with Crippen molar-refractivity contribution in [3.63, 3.8) is 0 Å². The molecule has 0 radical (unpaired) electrons. The Hall–Kier alpha value is -1.48. The van der Waals surface area contributed by atoms with Gasteiger partial charge in [0, 0.05) is 26.3 Å². The van der Waals surface area contributed by atoms with E-state index in [1.807, 2.05) is 0 Å². The van der Waals surface area contributed by atoms with Crippen molar-refractivity contribution in [2.24, 2.45) is 0 Å². The molecule has 0 aliphatic carbocycles. The van der Waals surface area contributed by atoms with Crippen LogP contribution in [0.2, 0.25) is 0 Å². The van der Waals surface area contributed by atoms with Crippen LogP contribution in [0.15, 0.2) is 0 Å². The second kappa shape index (κ2) is 22.7. The number of carbonyl (C=O) groups is 3. The van der Waals surface area contributed by atoms with Crippen molar-refractivity contribution in [2.75, 3.05) is 19.8 Å². The molecule has 1 atom stereocenters. The summed E-state index contributed by atoms with van der Waals surface area (Å²) in [6, 6.07) is 0. The first-order valence-electron chi connectivity index (χ1n) is 13.4. The van der Waals surface area contributed by atoms with Crippen LogP contribution < -0.4 is 5.32 Å². The molecule has 0 aliphatic rings. The van der Waals surface area contributed by atoms with E-state index in [9.17, 15) is 18.9 Å². The predicted octanol–water partition coefficient (Wildman–Crippen LogP) is 4.95. The summed E-state index contributed by atoms with van der Waals surface area (Å²) in [6.07, 6.45) is 13.5. The van der Waals surface area contributed by atoms with Gasteiger partial charge < -0.3 is 24.6 Å². The smallest absolute Gasteiger partial charge is 0.462 e. The molecule has 0 heterocycles. The maximum atomic E-state index is 12.0. The minimum absolute atomic E-state index is 0.0135. The largest absolute Gasteiger partial charge is 0.469 e. The van der Waals surface area contributed by atoms with Crippen molar-refractivity contribution in [2.45, 2.75) is 123 Å². The van der Waals surface area contributed by atoms with E-state index in [0.29, 0.717) is 12.8 Å². The lowest BCUT2D eigenvalue weighted by Crippen LogP contribution is -2.29. The summed E-state index contributed by atoms with van der Waals surface area (Å²) < 4.78 is 25.8. The van der Waals surface area contributed by atoms with E-state index in [-0.39, 0.29) is 25.4 Å². The van der Waals surface area contributed by atoms with E-state index in [1.54, 1.807) is 0 Å². The van der Waals surface area contributed by atoms with Crippen LogP contribution in [0.3, 0.4) is 0 Å². The summed E-state index contributed by atoms with van der Waals surface area (Å²) in [5, 5.41) is 2.79. The normalized spacial score (nSPS) is 12.2. The fourth-order valence-corrected chi connectivity index (χ4v) is 3.93. The van der Waals surface area contributed by atoms with Crippen LogP contribution in [0.4, 0.5) is 0 Å². The molecular weight excluding hydrogens is 489 g/mol. The zero-order valence-corrected chi connectivity index (χ0v) is 23.1. The van der Waals surface area contributed by atoms with E-state index in [1.165, 1.54) is 6.92 Å². The molecule has 0 fully saturated rings. The molecule has 0 aromatic heterocycles. The number of hydrogen-bond donors (Lipinski definition) is 3. The number of phosphoric ester groups is 1. The molecule has 0 aromatic carbocycles. The highest BCUT2D eigenvalue weighted by Crippen LogP contribution is 2.35. The third-order valence-electron chi connectivity index (χ3n) is 5.57. The first-order valence-corrected chi connectivity index (χ1v) is 15.0. The van der Waals surface area contributed by atoms with E-state index in [0.717, 1.165) is 83.6 Å². The molecule has 10 nitrogen and oxygen atoms in total. The van der Waals surface area contributed by atoms with E-state index < -0.39 is 32.5 Å². The standard InChI is InChI=1S/C25H48NO9P/c1-3-4-5-11-15-18-25(29)35-23(21-34-36(30,31)32)20-33-24(28)17-14-12-9-7-6-8-10-13-16-19-26-22(2)27/h23H,3-21H2,1-2H3,(H,26,27)(H2,30,31,32)/t23-/m0/s1. The molecule has 0 rings (SSSR count). The Bertz CT molecular complexity index is 639. The minimum Gasteiger partial charge on any atom is -0.462 e. The Balaban J connectivity index is 3.98. The SMILES string of the molecule is CCCCCCCC(=O)O[C@@H](COC(=O)CCCCCCCCCCCNC(C)=O)COP(=O)(O)O. The minimum atomic E-state index is -4.74. The lowest BCUT2D eigenvalue weighted by Gasteiger charge is -2.18. The van der Waals surface area contributed by atoms with Gasteiger partial charge in [-0.25, -0.2) is 4.57 Å². The average Bonchev–Trinajstić information content (AvgIpc) is 2.80. The summed E-state index contributed by atoms with van der Waals surface area (Å²) in [6.45, 7) is 3.51. The van der Waals surface area contributed by atoms with Crippen molar-refractivity contribution in [3.05, 3.63) is 0 Å². The number of hydrogen-bond acceptors (Lipinski definition) is 7. The fraction of sp³-hybridized carbons (Fsp3) is 0.880. The van der Waals surface area contributed by atoms with E-state index >= 15 is 0 Å². The van der Waals surface area contributed by atoms with Crippen molar-refractivity contribution in [1.29, 1.82) is 0 Å².